The highest BCUT2D eigenvalue weighted by Gasteiger charge is 2.22. The predicted octanol–water partition coefficient (Wildman–Crippen LogP) is 0.619. The van der Waals surface area contributed by atoms with Crippen molar-refractivity contribution in [3.63, 3.8) is 0 Å². The van der Waals surface area contributed by atoms with Crippen LogP contribution in [0.1, 0.15) is 6.92 Å². The van der Waals surface area contributed by atoms with Gasteiger partial charge in [0.25, 0.3) is 0 Å². The van der Waals surface area contributed by atoms with E-state index in [1.807, 2.05) is 0 Å². The van der Waals surface area contributed by atoms with Gasteiger partial charge in [0.1, 0.15) is 18.2 Å². The Bertz CT molecular complexity index is 694. The first-order valence-corrected chi connectivity index (χ1v) is 8.71. The molecule has 0 spiro atoms. The molecule has 2 aromatic rings. The standard InChI is InChI=1S/C12H20N5O5P/c1-3-22-23(18,19)8-21-9(5-20-2)4-17-7-16-10-11(13)14-6-15-12(10)17/h6-7,9H,3-5,8H2,1-2H3,(H,18,19)(H2,13,14,15)/t9-/m0/s1. The van der Waals surface area contributed by atoms with Crippen LogP contribution >= 0.6 is 7.60 Å². The maximum absolute atomic E-state index is 11.7. The fourth-order valence-electron chi connectivity index (χ4n) is 2.03. The molecule has 0 amide bonds. The number of anilines is 1. The van der Waals surface area contributed by atoms with Crippen molar-refractivity contribution in [1.29, 1.82) is 0 Å². The lowest BCUT2D eigenvalue weighted by Crippen LogP contribution is -2.25. The van der Waals surface area contributed by atoms with E-state index in [2.05, 4.69) is 15.0 Å². The SMILES string of the molecule is CCOP(=O)(O)CO[C@H](COC)Cn1cnc2c(N)ncnc21. The molecular formula is C12H20N5O5P. The number of fused-ring (bicyclic) bond motifs is 1. The Morgan fingerprint density at radius 3 is 2.91 bits per heavy atom. The Balaban J connectivity index is 2.09. The van der Waals surface area contributed by atoms with E-state index in [9.17, 15) is 9.46 Å². The molecule has 2 rings (SSSR count). The Morgan fingerprint density at radius 1 is 1.43 bits per heavy atom. The van der Waals surface area contributed by atoms with Crippen LogP contribution in [0.15, 0.2) is 12.7 Å². The topological polar surface area (TPSA) is 135 Å². The lowest BCUT2D eigenvalue weighted by Gasteiger charge is -2.19. The summed E-state index contributed by atoms with van der Waals surface area (Å²) >= 11 is 0. The van der Waals surface area contributed by atoms with E-state index in [1.54, 1.807) is 17.8 Å². The third-order valence-corrected chi connectivity index (χ3v) is 4.12. The highest BCUT2D eigenvalue weighted by Crippen LogP contribution is 2.41. The highest BCUT2D eigenvalue weighted by atomic mass is 31.2. The number of hydrogen-bond acceptors (Lipinski definition) is 8. The van der Waals surface area contributed by atoms with Crippen LogP contribution in [0.25, 0.3) is 11.2 Å². The highest BCUT2D eigenvalue weighted by molar-refractivity contribution is 7.52. The maximum atomic E-state index is 11.7. The summed E-state index contributed by atoms with van der Waals surface area (Å²) in [5.41, 5.74) is 6.79. The van der Waals surface area contributed by atoms with Gasteiger partial charge < -0.3 is 29.2 Å². The Hall–Kier alpha value is -1.58. The summed E-state index contributed by atoms with van der Waals surface area (Å²) in [5.74, 6) is 0.286. The molecule has 0 saturated heterocycles. The third kappa shape index (κ3) is 4.69. The summed E-state index contributed by atoms with van der Waals surface area (Å²) in [7, 11) is -2.25. The van der Waals surface area contributed by atoms with Crippen LogP contribution < -0.4 is 5.73 Å². The molecule has 0 aliphatic rings. The fraction of sp³-hybridized carbons (Fsp3) is 0.583. The second-order valence-electron chi connectivity index (χ2n) is 4.76. The summed E-state index contributed by atoms with van der Waals surface area (Å²) < 4.78 is 28.7. The first-order chi connectivity index (χ1) is 11.0. The number of hydrogen-bond donors (Lipinski definition) is 2. The number of aromatic nitrogens is 4. The minimum absolute atomic E-state index is 0.133. The number of nitrogens with zero attached hydrogens (tertiary/aromatic N) is 4. The van der Waals surface area contributed by atoms with E-state index >= 15 is 0 Å². The van der Waals surface area contributed by atoms with Crippen LogP contribution in [0.3, 0.4) is 0 Å². The van der Waals surface area contributed by atoms with E-state index in [1.165, 1.54) is 13.4 Å². The zero-order chi connectivity index (χ0) is 16.9. The van der Waals surface area contributed by atoms with E-state index < -0.39 is 20.0 Å². The number of methoxy groups -OCH3 is 1. The van der Waals surface area contributed by atoms with Crippen molar-refractivity contribution in [2.75, 3.05) is 32.4 Å². The Morgan fingerprint density at radius 2 is 2.22 bits per heavy atom. The Kier molecular flexibility index (Phi) is 6.03. The van der Waals surface area contributed by atoms with Crippen molar-refractivity contribution < 1.29 is 23.5 Å². The van der Waals surface area contributed by atoms with Crippen LogP contribution in [0.5, 0.6) is 0 Å². The summed E-state index contributed by atoms with van der Waals surface area (Å²) in [4.78, 5) is 21.7. The van der Waals surface area contributed by atoms with Crippen molar-refractivity contribution in [2.24, 2.45) is 0 Å². The molecule has 2 aromatic heterocycles. The number of nitrogen functional groups attached to an aromatic ring is 1. The smallest absolute Gasteiger partial charge is 0.353 e. The molecule has 0 aromatic carbocycles. The van der Waals surface area contributed by atoms with Gasteiger partial charge in [-0.2, -0.15) is 0 Å². The van der Waals surface area contributed by atoms with Gasteiger partial charge in [-0.1, -0.05) is 0 Å². The van der Waals surface area contributed by atoms with Crippen LogP contribution in [-0.2, 0) is 25.1 Å². The molecule has 23 heavy (non-hydrogen) atoms. The lowest BCUT2D eigenvalue weighted by atomic mass is 10.3. The van der Waals surface area contributed by atoms with Crippen LogP contribution in [-0.4, -0.2) is 57.2 Å². The molecule has 128 valence electrons. The molecule has 2 atom stereocenters. The number of ether oxygens (including phenoxy) is 2. The van der Waals surface area contributed by atoms with Crippen molar-refractivity contribution >= 4 is 24.6 Å². The van der Waals surface area contributed by atoms with Gasteiger partial charge in [0.2, 0.25) is 0 Å². The maximum Gasteiger partial charge on any atom is 0.353 e. The molecule has 0 aliphatic heterocycles. The van der Waals surface area contributed by atoms with Crippen LogP contribution in [0.4, 0.5) is 5.82 Å². The second-order valence-corrected chi connectivity index (χ2v) is 6.55. The third-order valence-electron chi connectivity index (χ3n) is 2.99. The first-order valence-electron chi connectivity index (χ1n) is 6.95. The molecule has 0 radical (unpaired) electrons. The molecule has 0 saturated carbocycles. The largest absolute Gasteiger partial charge is 0.382 e. The van der Waals surface area contributed by atoms with Gasteiger partial charge in [0, 0.05) is 7.11 Å². The molecule has 11 heteroatoms. The van der Waals surface area contributed by atoms with E-state index in [4.69, 9.17) is 19.7 Å². The van der Waals surface area contributed by atoms with Gasteiger partial charge in [0.05, 0.1) is 32.2 Å². The number of imidazole rings is 1. The monoisotopic (exact) mass is 345 g/mol. The van der Waals surface area contributed by atoms with Crippen molar-refractivity contribution in [2.45, 2.75) is 19.6 Å². The van der Waals surface area contributed by atoms with Crippen LogP contribution in [0.2, 0.25) is 0 Å². The molecule has 10 nitrogen and oxygen atoms in total. The predicted molar refractivity (Wildman–Crippen MR) is 82.8 cm³/mol. The van der Waals surface area contributed by atoms with Crippen molar-refractivity contribution in [3.8, 4) is 0 Å². The quantitative estimate of drug-likeness (QED) is 0.627. The zero-order valence-electron chi connectivity index (χ0n) is 13.0. The van der Waals surface area contributed by atoms with Gasteiger partial charge in [0.15, 0.2) is 11.5 Å². The zero-order valence-corrected chi connectivity index (χ0v) is 13.8. The molecule has 0 bridgehead atoms. The van der Waals surface area contributed by atoms with Crippen molar-refractivity contribution in [1.82, 2.24) is 19.5 Å². The summed E-state index contributed by atoms with van der Waals surface area (Å²) in [6.07, 6.45) is 2.01. The Labute approximate surface area is 133 Å². The lowest BCUT2D eigenvalue weighted by molar-refractivity contribution is 0.00271. The minimum atomic E-state index is -3.76. The number of nitrogens with two attached hydrogens (primary N) is 1. The van der Waals surface area contributed by atoms with Crippen molar-refractivity contribution in [3.05, 3.63) is 12.7 Å². The molecule has 3 N–H and O–H groups in total. The number of rotatable bonds is 9. The van der Waals surface area contributed by atoms with Gasteiger partial charge >= 0.3 is 7.60 Å². The average molecular weight is 345 g/mol. The van der Waals surface area contributed by atoms with Gasteiger partial charge in [-0.15, -0.1) is 0 Å². The summed E-state index contributed by atoms with van der Waals surface area (Å²) in [5, 5.41) is 0. The van der Waals surface area contributed by atoms with E-state index in [0.29, 0.717) is 17.7 Å². The second kappa shape index (κ2) is 7.80. The normalized spacial score (nSPS) is 15.6. The van der Waals surface area contributed by atoms with Gasteiger partial charge in [-0.25, -0.2) is 15.0 Å². The summed E-state index contributed by atoms with van der Waals surface area (Å²) in [6.45, 7) is 2.32. The molecule has 2 heterocycles. The molecular weight excluding hydrogens is 325 g/mol. The fourth-order valence-corrected chi connectivity index (χ4v) is 2.91. The molecule has 0 aliphatic carbocycles. The average Bonchev–Trinajstić information content (AvgIpc) is 2.90. The minimum Gasteiger partial charge on any atom is -0.382 e. The molecule has 1 unspecified atom stereocenters. The summed E-state index contributed by atoms with van der Waals surface area (Å²) in [6, 6.07) is 0. The first kappa shape index (κ1) is 17.8. The van der Waals surface area contributed by atoms with E-state index in [0.717, 1.165) is 0 Å². The van der Waals surface area contributed by atoms with E-state index in [-0.39, 0.29) is 19.0 Å². The van der Waals surface area contributed by atoms with Gasteiger partial charge in [-0.3, -0.25) is 4.57 Å². The molecule has 0 fully saturated rings. The van der Waals surface area contributed by atoms with Gasteiger partial charge in [-0.05, 0) is 6.92 Å². The van der Waals surface area contributed by atoms with Crippen LogP contribution in [0, 0.1) is 0 Å².